The van der Waals surface area contributed by atoms with Gasteiger partial charge in [-0.15, -0.1) is 0 Å². The van der Waals surface area contributed by atoms with Crippen LogP contribution in [0, 0.1) is 6.92 Å². The molecule has 2 aliphatic rings. The van der Waals surface area contributed by atoms with Crippen molar-refractivity contribution in [3.63, 3.8) is 0 Å². The number of carbonyl (C=O) groups excluding carboxylic acids is 1. The van der Waals surface area contributed by atoms with E-state index < -0.39 is 23.7 Å². The molecule has 0 unspecified atom stereocenters. The van der Waals surface area contributed by atoms with Crippen LogP contribution in [0.3, 0.4) is 0 Å². The first kappa shape index (κ1) is 27.9. The number of carboxylic acid groups (broad SMARTS) is 1. The average molecular weight is 619 g/mol. The Kier molecular flexibility index (Phi) is 7.20. The maximum absolute atomic E-state index is 15.3. The van der Waals surface area contributed by atoms with Crippen molar-refractivity contribution in [2.24, 2.45) is 0 Å². The van der Waals surface area contributed by atoms with E-state index in [0.717, 1.165) is 27.3 Å². The van der Waals surface area contributed by atoms with Crippen LogP contribution < -0.4 is 4.90 Å². The first-order valence-corrected chi connectivity index (χ1v) is 14.9. The Morgan fingerprint density at radius 2 is 2.00 bits per heavy atom. The van der Waals surface area contributed by atoms with E-state index in [9.17, 15) is 14.7 Å². The van der Waals surface area contributed by atoms with Crippen molar-refractivity contribution in [1.29, 1.82) is 0 Å². The van der Waals surface area contributed by atoms with E-state index >= 15 is 4.39 Å². The highest BCUT2D eigenvalue weighted by atomic mass is 35.5. The minimum Gasteiger partial charge on any atom is -0.478 e. The Morgan fingerprint density at radius 3 is 2.66 bits per heavy atom. The molecule has 2 aromatic heterocycles. The van der Waals surface area contributed by atoms with E-state index in [-0.39, 0.29) is 51.5 Å². The van der Waals surface area contributed by atoms with E-state index in [0.29, 0.717) is 24.9 Å². The predicted molar refractivity (Wildman–Crippen MR) is 155 cm³/mol. The molecule has 1 aliphatic carbocycles. The van der Waals surface area contributed by atoms with Gasteiger partial charge in [0.25, 0.3) is 0 Å². The van der Waals surface area contributed by atoms with Gasteiger partial charge in [-0.1, -0.05) is 52.7 Å². The zero-order valence-electron chi connectivity index (χ0n) is 22.2. The fourth-order valence-electron chi connectivity index (χ4n) is 5.42. The number of piperidine rings is 1. The molecule has 2 aromatic carbocycles. The second kappa shape index (κ2) is 10.6. The third-order valence-electron chi connectivity index (χ3n) is 7.77. The zero-order valence-corrected chi connectivity index (χ0v) is 24.6. The molecular formula is C29H26Cl2FN3O5S. The molecule has 12 heteroatoms. The molecule has 214 valence electrons. The Morgan fingerprint density at radius 1 is 1.27 bits per heavy atom. The number of aryl methyl sites for hydroxylation is 1. The molecule has 8 nitrogen and oxygen atoms in total. The number of rotatable bonds is 7. The number of fused-ring (bicyclic) bond motifs is 1. The van der Waals surface area contributed by atoms with Crippen molar-refractivity contribution in [2.75, 3.05) is 11.4 Å². The Hall–Kier alpha value is -3.21. The van der Waals surface area contributed by atoms with Crippen LogP contribution in [0.4, 0.5) is 9.52 Å². The molecule has 0 amide bonds. The minimum absolute atomic E-state index is 0.0248. The summed E-state index contributed by atoms with van der Waals surface area (Å²) in [4.78, 5) is 32.2. The number of benzene rings is 2. The van der Waals surface area contributed by atoms with Crippen molar-refractivity contribution < 1.29 is 28.3 Å². The van der Waals surface area contributed by atoms with E-state index in [4.69, 9.17) is 37.4 Å². The number of esters is 1. The van der Waals surface area contributed by atoms with Gasteiger partial charge in [-0.2, -0.15) is 0 Å². The first-order valence-electron chi connectivity index (χ1n) is 13.3. The lowest BCUT2D eigenvalue weighted by Crippen LogP contribution is -2.45. The van der Waals surface area contributed by atoms with Crippen LogP contribution in [-0.2, 0) is 10.4 Å². The lowest BCUT2D eigenvalue weighted by atomic mass is 9.97. The number of aromatic carboxylic acids is 1. The fourth-order valence-corrected chi connectivity index (χ4v) is 7.18. The molecule has 1 aliphatic heterocycles. The molecule has 1 saturated heterocycles. The largest absolute Gasteiger partial charge is 0.478 e. The van der Waals surface area contributed by atoms with Crippen molar-refractivity contribution in [3.8, 4) is 11.3 Å². The van der Waals surface area contributed by atoms with Crippen LogP contribution in [0.5, 0.6) is 0 Å². The number of nitrogens with zero attached hydrogens (tertiary/aromatic N) is 3. The van der Waals surface area contributed by atoms with Gasteiger partial charge >= 0.3 is 11.9 Å². The Labute approximate surface area is 249 Å². The number of thiazole rings is 1. The first-order chi connectivity index (χ1) is 19.6. The SMILES string of the molecule is CC[C@@H]1C[C@H](OC(=O)c2c(-c3c(Cl)cccc3Cl)noc2C2(F)CC2)CCN1c1nc2c(C)cc(C(=O)O)cc2s1. The molecule has 4 aromatic rings. The monoisotopic (exact) mass is 617 g/mol. The zero-order chi connectivity index (χ0) is 29.1. The minimum atomic E-state index is -1.77. The lowest BCUT2D eigenvalue weighted by Gasteiger charge is -2.38. The maximum Gasteiger partial charge on any atom is 0.344 e. The molecule has 41 heavy (non-hydrogen) atoms. The van der Waals surface area contributed by atoms with Crippen LogP contribution in [0.15, 0.2) is 34.9 Å². The molecule has 0 radical (unpaired) electrons. The highest BCUT2D eigenvalue weighted by Gasteiger charge is 2.53. The van der Waals surface area contributed by atoms with E-state index in [1.54, 1.807) is 30.3 Å². The summed E-state index contributed by atoms with van der Waals surface area (Å²) in [7, 11) is 0. The quantitative estimate of drug-likeness (QED) is 0.209. The van der Waals surface area contributed by atoms with E-state index in [1.165, 1.54) is 11.3 Å². The molecule has 1 saturated carbocycles. The van der Waals surface area contributed by atoms with Crippen LogP contribution in [0.25, 0.3) is 21.5 Å². The number of alkyl halides is 1. The van der Waals surface area contributed by atoms with Gasteiger partial charge in [0, 0.05) is 31.0 Å². The number of anilines is 1. The topological polar surface area (TPSA) is 106 Å². The summed E-state index contributed by atoms with van der Waals surface area (Å²) in [6.07, 6.45) is 1.87. The number of halogens is 3. The van der Waals surface area contributed by atoms with Gasteiger partial charge < -0.3 is 19.3 Å². The standard InChI is InChI=1S/C29H26Cl2FN3O5S/c1-3-16-13-17(7-10-35(16)28-33-23-14(2)11-15(26(36)37)12-20(23)41-28)39-27(38)22-24(21-18(30)5-4-6-19(21)31)34-40-25(22)29(32)8-9-29/h4-6,11-12,16-17H,3,7-10,13H2,1-2H3,(H,36,37)/t16-,17-/m1/s1. The molecule has 3 heterocycles. The van der Waals surface area contributed by atoms with Gasteiger partial charge in [0.05, 0.1) is 25.8 Å². The highest BCUT2D eigenvalue weighted by molar-refractivity contribution is 7.22. The maximum atomic E-state index is 15.3. The normalized spacial score (nSPS) is 19.9. The second-order valence-electron chi connectivity index (χ2n) is 10.5. The molecular weight excluding hydrogens is 592 g/mol. The summed E-state index contributed by atoms with van der Waals surface area (Å²) in [6.45, 7) is 4.49. The van der Waals surface area contributed by atoms with E-state index in [1.807, 2.05) is 6.92 Å². The average Bonchev–Trinajstić information content (AvgIpc) is 3.33. The van der Waals surface area contributed by atoms with Crippen LogP contribution in [0.2, 0.25) is 10.0 Å². The summed E-state index contributed by atoms with van der Waals surface area (Å²) in [5.74, 6) is -1.85. The van der Waals surface area contributed by atoms with Gasteiger partial charge in [-0.3, -0.25) is 0 Å². The van der Waals surface area contributed by atoms with Gasteiger partial charge in [0.2, 0.25) is 0 Å². The summed E-state index contributed by atoms with van der Waals surface area (Å²) in [5.41, 5.74) is 0.332. The second-order valence-corrected chi connectivity index (χ2v) is 12.4. The molecule has 2 fully saturated rings. The molecule has 2 atom stereocenters. The number of carboxylic acids is 1. The van der Waals surface area contributed by atoms with Crippen molar-refractivity contribution in [3.05, 3.63) is 62.8 Å². The predicted octanol–water partition coefficient (Wildman–Crippen LogP) is 7.83. The number of carbonyl (C=O) groups is 2. The van der Waals surface area contributed by atoms with Gasteiger partial charge in [-0.05, 0) is 56.0 Å². The summed E-state index contributed by atoms with van der Waals surface area (Å²) < 4.78 is 27.4. The van der Waals surface area contributed by atoms with Crippen LogP contribution in [0.1, 0.15) is 71.1 Å². The third-order valence-corrected chi connectivity index (χ3v) is 9.44. The van der Waals surface area contributed by atoms with Gasteiger partial charge in [0.1, 0.15) is 17.4 Å². The van der Waals surface area contributed by atoms with Crippen molar-refractivity contribution in [1.82, 2.24) is 10.1 Å². The van der Waals surface area contributed by atoms with Crippen LogP contribution >= 0.6 is 34.5 Å². The van der Waals surface area contributed by atoms with Gasteiger partial charge in [-0.25, -0.2) is 19.0 Å². The number of hydrogen-bond acceptors (Lipinski definition) is 8. The number of aromatic nitrogens is 2. The van der Waals surface area contributed by atoms with Gasteiger partial charge in [0.15, 0.2) is 16.6 Å². The Bertz CT molecular complexity index is 1660. The number of ether oxygens (including phenoxy) is 1. The van der Waals surface area contributed by atoms with Crippen molar-refractivity contribution in [2.45, 2.75) is 63.8 Å². The third kappa shape index (κ3) is 5.06. The Balaban J connectivity index is 1.25. The highest BCUT2D eigenvalue weighted by Crippen LogP contribution is 2.53. The lowest BCUT2D eigenvalue weighted by molar-refractivity contribution is 0.0202. The van der Waals surface area contributed by atoms with Crippen LogP contribution in [-0.4, -0.2) is 45.9 Å². The molecule has 6 rings (SSSR count). The summed E-state index contributed by atoms with van der Waals surface area (Å²) in [6, 6.07) is 8.20. The smallest absolute Gasteiger partial charge is 0.344 e. The fraction of sp³-hybridized carbons (Fsp3) is 0.379. The summed E-state index contributed by atoms with van der Waals surface area (Å²) in [5, 5.41) is 14.8. The molecule has 0 spiro atoms. The van der Waals surface area contributed by atoms with E-state index in [2.05, 4.69) is 17.0 Å². The molecule has 0 bridgehead atoms. The number of hydrogen-bond donors (Lipinski definition) is 1. The molecule has 1 N–H and O–H groups in total. The van der Waals surface area contributed by atoms with Crippen molar-refractivity contribution >= 4 is 61.8 Å². The summed E-state index contributed by atoms with van der Waals surface area (Å²) >= 11 is 14.2.